The van der Waals surface area contributed by atoms with Gasteiger partial charge >= 0.3 is 0 Å². The van der Waals surface area contributed by atoms with E-state index in [0.29, 0.717) is 17.3 Å². The number of aliphatic hydroxyl groups is 1. The highest BCUT2D eigenvalue weighted by Crippen LogP contribution is 2.23. The van der Waals surface area contributed by atoms with Crippen molar-refractivity contribution in [1.82, 2.24) is 20.6 Å². The maximum absolute atomic E-state index is 12.0. The number of benzene rings is 1. The lowest BCUT2D eigenvalue weighted by atomic mass is 10.3. The van der Waals surface area contributed by atoms with Crippen LogP contribution in [-0.4, -0.2) is 53.3 Å². The quantitative estimate of drug-likeness (QED) is 0.376. The number of nitrogens with one attached hydrogen (secondary N) is 2. The minimum Gasteiger partial charge on any atom is -0.489 e. The Morgan fingerprint density at radius 3 is 2.67 bits per heavy atom. The van der Waals surface area contributed by atoms with E-state index >= 15 is 0 Å². The number of nitrogens with two attached hydrogens (primary N) is 2. The molecule has 0 aliphatic carbocycles. The molecule has 0 spiro atoms. The average Bonchev–Trinajstić information content (AvgIpc) is 2.63. The summed E-state index contributed by atoms with van der Waals surface area (Å²) in [4.78, 5) is 19.6. The molecule has 0 fully saturated rings. The number of ether oxygens (including phenoxy) is 1. The smallest absolute Gasteiger partial charge is 0.273 e. The van der Waals surface area contributed by atoms with Crippen molar-refractivity contribution in [2.45, 2.75) is 6.10 Å². The molecule has 2 aromatic rings. The van der Waals surface area contributed by atoms with Crippen LogP contribution in [0, 0.1) is 0 Å². The van der Waals surface area contributed by atoms with Gasteiger partial charge in [-0.1, -0.05) is 35.3 Å². The Balaban J connectivity index is 1.66. The first-order valence-electron chi connectivity index (χ1n) is 8.01. The van der Waals surface area contributed by atoms with Gasteiger partial charge in [0.1, 0.15) is 18.5 Å². The number of nitrogens with zero attached hydrogens (tertiary/aromatic N) is 2. The number of aliphatic hydroxyl groups excluding tert-OH is 1. The van der Waals surface area contributed by atoms with Crippen LogP contribution in [0.15, 0.2) is 24.3 Å². The van der Waals surface area contributed by atoms with Crippen molar-refractivity contribution in [2.24, 2.45) is 0 Å². The molecule has 1 atom stereocenters. The van der Waals surface area contributed by atoms with Gasteiger partial charge in [-0.15, -0.1) is 0 Å². The number of nitrogen functional groups attached to an aromatic ring is 2. The van der Waals surface area contributed by atoms with Gasteiger partial charge in [0.05, 0.1) is 5.02 Å². The topological polar surface area (TPSA) is 148 Å². The number of halogens is 2. The fourth-order valence-electron chi connectivity index (χ4n) is 2.03. The lowest BCUT2D eigenvalue weighted by Crippen LogP contribution is -2.37. The zero-order valence-electron chi connectivity index (χ0n) is 14.3. The van der Waals surface area contributed by atoms with Crippen molar-refractivity contribution in [2.75, 3.05) is 37.7 Å². The molecule has 0 aliphatic heterocycles. The summed E-state index contributed by atoms with van der Waals surface area (Å²) in [5, 5.41) is 15.9. The summed E-state index contributed by atoms with van der Waals surface area (Å²) in [7, 11) is 0. The highest BCUT2D eigenvalue weighted by molar-refractivity contribution is 6.32. The molecule has 7 N–H and O–H groups in total. The van der Waals surface area contributed by atoms with Gasteiger partial charge in [0.25, 0.3) is 5.91 Å². The second kappa shape index (κ2) is 10.1. The highest BCUT2D eigenvalue weighted by atomic mass is 35.5. The molecular weight excluding hydrogens is 395 g/mol. The Bertz CT molecular complexity index is 793. The average molecular weight is 415 g/mol. The van der Waals surface area contributed by atoms with Crippen molar-refractivity contribution >= 4 is 40.7 Å². The van der Waals surface area contributed by atoms with Crippen molar-refractivity contribution in [1.29, 1.82) is 0 Å². The molecule has 146 valence electrons. The van der Waals surface area contributed by atoms with E-state index in [2.05, 4.69) is 20.6 Å². The number of aromatic nitrogens is 2. The molecule has 27 heavy (non-hydrogen) atoms. The van der Waals surface area contributed by atoms with Crippen LogP contribution in [0.2, 0.25) is 10.2 Å². The number of carbonyl (C=O) groups is 1. The fourth-order valence-corrected chi connectivity index (χ4v) is 2.35. The zero-order valence-corrected chi connectivity index (χ0v) is 15.8. The molecule has 1 aromatic carbocycles. The predicted molar refractivity (Wildman–Crippen MR) is 104 cm³/mol. The summed E-state index contributed by atoms with van der Waals surface area (Å²) in [6, 6.07) is 7.00. The summed E-state index contributed by atoms with van der Waals surface area (Å²) in [5.41, 5.74) is 11.0. The summed E-state index contributed by atoms with van der Waals surface area (Å²) in [5.74, 6) is -0.160. The number of para-hydroxylation sites is 1. The van der Waals surface area contributed by atoms with E-state index in [1.54, 1.807) is 24.3 Å². The fraction of sp³-hybridized carbons (Fsp3) is 0.312. The van der Waals surface area contributed by atoms with Gasteiger partial charge in [-0.2, -0.15) is 0 Å². The van der Waals surface area contributed by atoms with Gasteiger partial charge in [0, 0.05) is 19.6 Å². The molecule has 0 bridgehead atoms. The van der Waals surface area contributed by atoms with Crippen molar-refractivity contribution in [3.8, 4) is 5.75 Å². The van der Waals surface area contributed by atoms with Gasteiger partial charge in [0.15, 0.2) is 22.5 Å². The van der Waals surface area contributed by atoms with E-state index < -0.39 is 12.0 Å². The Morgan fingerprint density at radius 1 is 1.19 bits per heavy atom. The van der Waals surface area contributed by atoms with Crippen LogP contribution in [0.5, 0.6) is 5.75 Å². The summed E-state index contributed by atoms with van der Waals surface area (Å²) >= 11 is 11.7. The summed E-state index contributed by atoms with van der Waals surface area (Å²) in [6.07, 6.45) is -0.741. The van der Waals surface area contributed by atoms with Crippen LogP contribution >= 0.6 is 23.2 Å². The molecule has 1 heterocycles. The molecule has 1 amide bonds. The van der Waals surface area contributed by atoms with E-state index in [0.717, 1.165) is 0 Å². The third-order valence-electron chi connectivity index (χ3n) is 3.36. The maximum Gasteiger partial charge on any atom is 0.273 e. The molecule has 9 nitrogen and oxygen atoms in total. The predicted octanol–water partition coefficient (Wildman–Crippen LogP) is 0.707. The van der Waals surface area contributed by atoms with Gasteiger partial charge in [-0.05, 0) is 12.1 Å². The van der Waals surface area contributed by atoms with Crippen LogP contribution in [0.4, 0.5) is 11.6 Å². The van der Waals surface area contributed by atoms with Crippen molar-refractivity contribution in [3.63, 3.8) is 0 Å². The molecular formula is C16H20Cl2N6O3. The van der Waals surface area contributed by atoms with Gasteiger partial charge in [-0.3, -0.25) is 4.79 Å². The Morgan fingerprint density at radius 2 is 1.93 bits per heavy atom. The first-order valence-corrected chi connectivity index (χ1v) is 8.77. The second-order valence-electron chi connectivity index (χ2n) is 5.49. The number of rotatable bonds is 9. The van der Waals surface area contributed by atoms with E-state index in [9.17, 15) is 9.90 Å². The maximum atomic E-state index is 12.0. The summed E-state index contributed by atoms with van der Waals surface area (Å²) < 4.78 is 5.44. The highest BCUT2D eigenvalue weighted by Gasteiger charge is 2.15. The van der Waals surface area contributed by atoms with E-state index in [1.807, 2.05) is 0 Å². The number of hydrogen-bond acceptors (Lipinski definition) is 8. The third kappa shape index (κ3) is 6.40. The van der Waals surface area contributed by atoms with Crippen LogP contribution in [0.3, 0.4) is 0 Å². The Labute approximate surface area is 166 Å². The zero-order chi connectivity index (χ0) is 19.8. The van der Waals surface area contributed by atoms with Crippen molar-refractivity contribution in [3.05, 3.63) is 40.1 Å². The third-order valence-corrected chi connectivity index (χ3v) is 3.95. The number of amides is 1. The number of hydrogen-bond donors (Lipinski definition) is 5. The van der Waals surface area contributed by atoms with Crippen LogP contribution in [-0.2, 0) is 0 Å². The first kappa shape index (κ1) is 21.0. The van der Waals surface area contributed by atoms with Gasteiger partial charge < -0.3 is 31.9 Å². The largest absolute Gasteiger partial charge is 0.489 e. The minimum absolute atomic E-state index is 0.0413. The van der Waals surface area contributed by atoms with Gasteiger partial charge in [-0.25, -0.2) is 9.97 Å². The molecule has 11 heteroatoms. The number of carbonyl (C=O) groups excluding carboxylic acids is 1. The number of anilines is 2. The first-order chi connectivity index (χ1) is 12.9. The monoisotopic (exact) mass is 414 g/mol. The van der Waals surface area contributed by atoms with E-state index in [1.165, 1.54) is 0 Å². The van der Waals surface area contributed by atoms with E-state index in [4.69, 9.17) is 39.4 Å². The molecule has 0 aliphatic rings. The van der Waals surface area contributed by atoms with Crippen LogP contribution in [0.1, 0.15) is 10.5 Å². The lowest BCUT2D eigenvalue weighted by Gasteiger charge is -2.14. The van der Waals surface area contributed by atoms with Crippen molar-refractivity contribution < 1.29 is 14.6 Å². The molecule has 0 saturated carbocycles. The standard InChI is InChI=1S/C16H20Cl2N6O3/c17-10-3-1-2-4-11(10)27-8-9(25)7-21-5-6-22-16(26)12-14(19)24-15(20)13(18)23-12/h1-4,9,21,25H,5-8H2,(H,22,26)(H4,19,20,24). The van der Waals surface area contributed by atoms with E-state index in [-0.39, 0.29) is 42.2 Å². The lowest BCUT2D eigenvalue weighted by molar-refractivity contribution is 0.0946. The minimum atomic E-state index is -0.741. The Kier molecular flexibility index (Phi) is 7.86. The van der Waals surface area contributed by atoms with Gasteiger partial charge in [0.2, 0.25) is 0 Å². The molecule has 0 saturated heterocycles. The second-order valence-corrected chi connectivity index (χ2v) is 6.25. The Hall–Kier alpha value is -2.33. The SMILES string of the molecule is Nc1nc(N)c(C(=O)NCCNCC(O)COc2ccccc2Cl)nc1Cl. The molecule has 1 unspecified atom stereocenters. The molecule has 1 aromatic heterocycles. The van der Waals surface area contributed by atoms with Crippen LogP contribution in [0.25, 0.3) is 0 Å². The van der Waals surface area contributed by atoms with Crippen LogP contribution < -0.4 is 26.8 Å². The summed E-state index contributed by atoms with van der Waals surface area (Å²) in [6.45, 7) is 1.04. The molecule has 0 radical (unpaired) electrons. The molecule has 2 rings (SSSR count). The normalized spacial score (nSPS) is 11.8.